The quantitative estimate of drug-likeness (QED) is 0.0565. The van der Waals surface area contributed by atoms with Gasteiger partial charge in [-0.25, -0.2) is 27.4 Å². The van der Waals surface area contributed by atoms with Crippen LogP contribution in [-0.2, 0) is 27.4 Å². The van der Waals surface area contributed by atoms with Crippen molar-refractivity contribution in [1.29, 1.82) is 0 Å². The molecule has 42 heteroatoms. The second kappa shape index (κ2) is 53.3. The molecule has 0 fully saturated rings. The summed E-state index contributed by atoms with van der Waals surface area (Å²) in [6.07, 6.45) is 0. The van der Waals surface area contributed by atoms with Crippen LogP contribution in [0.5, 0.6) is 0 Å². The summed E-state index contributed by atoms with van der Waals surface area (Å²) >= 11 is 0. The van der Waals surface area contributed by atoms with Crippen molar-refractivity contribution in [3.8, 4) is 22.3 Å². The molecule has 18 nitrogen and oxygen atoms in total. The molecule has 0 bridgehead atoms. The van der Waals surface area contributed by atoms with Gasteiger partial charge in [0.05, 0.1) is 0 Å². The molecule has 0 saturated carbocycles. The summed E-state index contributed by atoms with van der Waals surface area (Å²) in [5, 5.41) is 0. The first-order valence-electron chi connectivity index (χ1n) is 8.66. The largest absolute Gasteiger partial charge is 0.507 e. The van der Waals surface area contributed by atoms with Gasteiger partial charge in [-0.15, -0.1) is 313 Å². The highest BCUT2D eigenvalue weighted by Crippen LogP contribution is 2.46. The van der Waals surface area contributed by atoms with Crippen LogP contribution < -0.4 is 0 Å². The van der Waals surface area contributed by atoms with Crippen molar-refractivity contribution in [3.63, 3.8) is 0 Å². The third-order valence-electron chi connectivity index (χ3n) is 2.43. The minimum Gasteiger partial charge on any atom is -0.299 e. The number of fused-ring (bicyclic) bond motifs is 4. The van der Waals surface area contributed by atoms with E-state index in [2.05, 4.69) is 48.5 Å². The standard InChI is InChI=1S/C12H8.6FH2O3P.12HI/c1-2-6-10-9(5-1)11-7-3-4-8-12(10)11;6*1-5(2,3)4;;;;;;;;;;;;/h1-8H;6*(H2,2,3,4);12*1H. The molecule has 0 unspecified atom stereocenters. The fourth-order valence-corrected chi connectivity index (χ4v) is 1.84. The molecule has 0 radical (unpaired) electrons. The maximum absolute atomic E-state index is 10.4. The normalized spacial score (nSPS) is 9.07. The molecule has 3 rings (SSSR count). The van der Waals surface area contributed by atoms with E-state index in [0.29, 0.717) is 0 Å². The van der Waals surface area contributed by atoms with Crippen LogP contribution >= 0.6 is 335 Å². The number of benzene rings is 2. The van der Waals surface area contributed by atoms with E-state index in [1.807, 2.05) is 0 Å². The molecular weight excluding hydrogens is 2250 g/mol. The van der Waals surface area contributed by atoms with E-state index in [9.17, 15) is 25.2 Å². The van der Waals surface area contributed by atoms with Crippen molar-refractivity contribution in [3.05, 3.63) is 48.5 Å². The molecule has 0 saturated heterocycles. The zero-order chi connectivity index (χ0) is 35.0. The summed E-state index contributed by atoms with van der Waals surface area (Å²) in [6.45, 7) is 0. The van der Waals surface area contributed by atoms with Crippen molar-refractivity contribution in [2.24, 2.45) is 0 Å². The summed E-state index contributed by atoms with van der Waals surface area (Å²) in [5.74, 6) is 0. The average molecular weight is 2290 g/mol. The molecule has 2 aromatic rings. The first-order valence-corrected chi connectivity index (χ1v) is 17.7. The van der Waals surface area contributed by atoms with E-state index in [1.165, 1.54) is 22.3 Å². The van der Waals surface area contributed by atoms with Gasteiger partial charge in [0.15, 0.2) is 0 Å². The fourth-order valence-electron chi connectivity index (χ4n) is 1.84. The third-order valence-corrected chi connectivity index (χ3v) is 2.43. The first-order chi connectivity index (χ1) is 18.0. The van der Waals surface area contributed by atoms with Gasteiger partial charge in [-0.1, -0.05) is 48.5 Å². The van der Waals surface area contributed by atoms with E-state index in [4.69, 9.17) is 86.1 Å². The number of halogens is 18. The Morgan fingerprint density at radius 3 is 0.370 bits per heavy atom. The predicted octanol–water partition coefficient (Wildman–Crippen LogP) is 11.0. The maximum atomic E-state index is 10.4. The second-order valence-corrected chi connectivity index (χ2v) is 11.6. The Bertz CT molecular complexity index is 1100. The molecule has 1 aliphatic rings. The van der Waals surface area contributed by atoms with Crippen LogP contribution in [0.2, 0.25) is 0 Å². The minimum atomic E-state index is -5.14. The maximum Gasteiger partial charge on any atom is 0.507 e. The van der Waals surface area contributed by atoms with Crippen LogP contribution in [0.3, 0.4) is 0 Å². The van der Waals surface area contributed by atoms with Gasteiger partial charge in [-0.05, 0) is 22.3 Å². The lowest BCUT2D eigenvalue weighted by atomic mass is 9.81. The Labute approximate surface area is 507 Å². The molecule has 1 aliphatic carbocycles. The summed E-state index contributed by atoms with van der Waals surface area (Å²) in [7, 11) is -30.8. The van der Waals surface area contributed by atoms with Crippen LogP contribution in [0.15, 0.2) is 48.5 Å². The summed E-state index contributed by atoms with van der Waals surface area (Å²) < 4.78 is 114. The second-order valence-electron chi connectivity index (χ2n) is 5.93. The van der Waals surface area contributed by atoms with Gasteiger partial charge in [0.2, 0.25) is 0 Å². The van der Waals surface area contributed by atoms with Gasteiger partial charge in [0.25, 0.3) is 0 Å². The fraction of sp³-hybridized carbons (Fsp3) is 0. The van der Waals surface area contributed by atoms with Crippen LogP contribution in [0.1, 0.15) is 0 Å². The topological polar surface area (TPSA) is 345 Å². The molecule has 0 aromatic heterocycles. The van der Waals surface area contributed by atoms with Crippen molar-refractivity contribution in [2.45, 2.75) is 0 Å². The van der Waals surface area contributed by atoms with E-state index >= 15 is 0 Å². The van der Waals surface area contributed by atoms with E-state index < -0.39 is 47.4 Å². The van der Waals surface area contributed by atoms with E-state index in [-0.39, 0.29) is 288 Å². The highest BCUT2D eigenvalue weighted by atomic mass is 127. The smallest absolute Gasteiger partial charge is 0.299 e. The lowest BCUT2D eigenvalue weighted by Gasteiger charge is -2.22. The van der Waals surface area contributed by atoms with Gasteiger partial charge in [-0.3, -0.25) is 58.7 Å². The van der Waals surface area contributed by atoms with Gasteiger partial charge in [-0.2, -0.15) is 0 Å². The molecule has 0 aliphatic heterocycles. The van der Waals surface area contributed by atoms with Crippen LogP contribution in [0.4, 0.5) is 25.2 Å². The Hall–Kier alpha value is 7.68. The van der Waals surface area contributed by atoms with E-state index in [0.717, 1.165) is 0 Å². The van der Waals surface area contributed by atoms with Gasteiger partial charge < -0.3 is 0 Å². The number of rotatable bonds is 0. The average Bonchev–Trinajstić information content (AvgIpc) is 2.58. The number of hydrogen-bond acceptors (Lipinski definition) is 6. The monoisotopic (exact) mass is 2290 g/mol. The van der Waals surface area contributed by atoms with Gasteiger partial charge in [0.1, 0.15) is 0 Å². The molecular formula is C12H32F6I12O18P6. The Morgan fingerprint density at radius 1 is 0.259 bits per heavy atom. The van der Waals surface area contributed by atoms with Gasteiger partial charge in [0, 0.05) is 0 Å². The van der Waals surface area contributed by atoms with Crippen molar-refractivity contribution in [1.82, 2.24) is 0 Å². The first kappa shape index (κ1) is 109. The SMILES string of the molecule is I.I.I.I.I.I.I.I.I.I.I.I.O=P(O)(O)F.O=P(O)(O)F.O=P(O)(O)F.O=P(O)(O)F.O=P(O)(O)F.O=P(O)(O)F.c1ccc2c(c1)-c1ccccc1-2. The predicted molar refractivity (Wildman–Crippen MR) is 315 cm³/mol. The molecule has 2 aromatic carbocycles. The Balaban J connectivity index is -0.0000000223. The summed E-state index contributed by atoms with van der Waals surface area (Å²) in [5.41, 5.74) is 5.59. The highest BCUT2D eigenvalue weighted by molar-refractivity contribution is 14.0. The molecule has 344 valence electrons. The Kier molecular flexibility index (Phi) is 107. The van der Waals surface area contributed by atoms with E-state index in [1.54, 1.807) is 0 Å². The molecule has 12 N–H and O–H groups in total. The molecule has 54 heavy (non-hydrogen) atoms. The van der Waals surface area contributed by atoms with Crippen molar-refractivity contribution >= 4 is 335 Å². The summed E-state index contributed by atoms with van der Waals surface area (Å²) in [4.78, 5) is 83.6. The lowest BCUT2D eigenvalue weighted by molar-refractivity contribution is 0.320. The van der Waals surface area contributed by atoms with Crippen LogP contribution in [-0.4, -0.2) is 58.7 Å². The zero-order valence-electron chi connectivity index (χ0n) is 24.3. The summed E-state index contributed by atoms with van der Waals surface area (Å²) in [6, 6.07) is 17.1. The highest BCUT2D eigenvalue weighted by Gasteiger charge is 2.19. The van der Waals surface area contributed by atoms with Crippen molar-refractivity contribution < 1.29 is 111 Å². The molecule has 0 heterocycles. The molecule has 0 amide bonds. The lowest BCUT2D eigenvalue weighted by Crippen LogP contribution is -1.96. The van der Waals surface area contributed by atoms with Gasteiger partial charge >= 0.3 is 47.4 Å². The zero-order valence-corrected chi connectivity index (χ0v) is 57.6. The minimum absolute atomic E-state index is 0. The third kappa shape index (κ3) is 145. The van der Waals surface area contributed by atoms with Crippen LogP contribution in [0.25, 0.3) is 22.3 Å². The molecule has 0 atom stereocenters. The van der Waals surface area contributed by atoms with Crippen molar-refractivity contribution in [2.75, 3.05) is 0 Å². The Morgan fingerprint density at radius 2 is 0.315 bits per heavy atom. The van der Waals surface area contributed by atoms with Crippen LogP contribution in [0, 0.1) is 0 Å². The number of hydrogen-bond donors (Lipinski definition) is 12. The molecule has 0 spiro atoms.